The second-order valence-corrected chi connectivity index (χ2v) is 3.90. The predicted octanol–water partition coefficient (Wildman–Crippen LogP) is 0.463. The summed E-state index contributed by atoms with van der Waals surface area (Å²) >= 11 is -0.579. The number of hydrogen-bond acceptors (Lipinski definition) is 5. The molecular weight excluding hydrogens is 232 g/mol. The van der Waals surface area contributed by atoms with Crippen molar-refractivity contribution in [3.05, 3.63) is 0 Å². The van der Waals surface area contributed by atoms with E-state index in [2.05, 4.69) is 9.37 Å². The minimum atomic E-state index is -3.78. The fraction of sp³-hybridized carbons (Fsp3) is 0.857. The quantitative estimate of drug-likeness (QED) is 0.407. The molecular formula is C7H10F2NO4S-. The molecule has 0 bridgehead atoms. The highest BCUT2D eigenvalue weighted by Crippen LogP contribution is 2.32. The van der Waals surface area contributed by atoms with E-state index in [-0.39, 0.29) is 0 Å². The number of hydrogen-bond donors (Lipinski definition) is 0. The molecule has 0 saturated carbocycles. The van der Waals surface area contributed by atoms with Gasteiger partial charge < -0.3 is 10.2 Å². The Hall–Kier alpha value is -0.440. The summed E-state index contributed by atoms with van der Waals surface area (Å²) in [4.78, 5) is 12.3. The van der Waals surface area contributed by atoms with Gasteiger partial charge in [-0.2, -0.15) is 13.1 Å². The Balaban J connectivity index is 2.48. The number of likely N-dealkylation sites (tertiary alicyclic amines) is 1. The van der Waals surface area contributed by atoms with Crippen LogP contribution in [0, 0.1) is 0 Å². The lowest BCUT2D eigenvalue weighted by atomic mass is 10.1. The second-order valence-electron chi connectivity index (χ2n) is 3.09. The minimum absolute atomic E-state index is 0.313. The van der Waals surface area contributed by atoms with Gasteiger partial charge in [0.05, 0.1) is 0 Å². The minimum Gasteiger partial charge on any atom is -0.691 e. The molecule has 0 unspecified atom stereocenters. The summed E-state index contributed by atoms with van der Waals surface area (Å²) in [7, 11) is 0. The molecule has 0 N–H and O–H groups in total. The molecule has 88 valence electrons. The van der Waals surface area contributed by atoms with Gasteiger partial charge in [0.2, 0.25) is 0 Å². The van der Waals surface area contributed by atoms with E-state index in [0.717, 1.165) is 11.3 Å². The monoisotopic (exact) mass is 242 g/mol. The molecule has 1 fully saturated rings. The lowest BCUT2D eigenvalue weighted by Gasteiger charge is -2.29. The third-order valence-electron chi connectivity index (χ3n) is 2.06. The number of halogens is 2. The van der Waals surface area contributed by atoms with Crippen LogP contribution in [0.15, 0.2) is 0 Å². The van der Waals surface area contributed by atoms with Crippen molar-refractivity contribution >= 4 is 17.9 Å². The van der Waals surface area contributed by atoms with Gasteiger partial charge >= 0.3 is 11.2 Å². The first-order valence-corrected chi connectivity index (χ1v) is 5.13. The highest BCUT2D eigenvalue weighted by atomic mass is 32.2. The summed E-state index contributed by atoms with van der Waals surface area (Å²) in [5.74, 6) is -1.34. The van der Waals surface area contributed by atoms with E-state index in [1.807, 2.05) is 0 Å². The number of rotatable bonds is 4. The Morgan fingerprint density at radius 1 is 1.33 bits per heavy atom. The van der Waals surface area contributed by atoms with Crippen LogP contribution < -0.4 is 5.26 Å². The summed E-state index contributed by atoms with van der Waals surface area (Å²) in [5.41, 5.74) is 0. The number of alkyl halides is 2. The summed E-state index contributed by atoms with van der Waals surface area (Å²) in [6.07, 6.45) is 2.36. The van der Waals surface area contributed by atoms with E-state index in [1.165, 1.54) is 0 Å². The Morgan fingerprint density at radius 2 is 1.93 bits per heavy atom. The molecule has 0 aliphatic carbocycles. The normalized spacial score (nSPS) is 17.9. The van der Waals surface area contributed by atoms with Gasteiger partial charge in [0, 0.05) is 13.1 Å². The lowest BCUT2D eigenvalue weighted by Crippen LogP contribution is -2.44. The third kappa shape index (κ3) is 3.56. The smallest absolute Gasteiger partial charge is 0.397 e. The highest BCUT2D eigenvalue weighted by Gasteiger charge is 2.44. The Labute approximate surface area is 89.4 Å². The van der Waals surface area contributed by atoms with Crippen LogP contribution in [0.2, 0.25) is 0 Å². The van der Waals surface area contributed by atoms with Crippen LogP contribution in [-0.2, 0) is 14.2 Å². The first-order chi connectivity index (χ1) is 7.08. The summed E-state index contributed by atoms with van der Waals surface area (Å²) in [6.45, 7) is 0.625. The van der Waals surface area contributed by atoms with Gasteiger partial charge in [0.15, 0.2) is 0 Å². The zero-order chi connectivity index (χ0) is 11.3. The van der Waals surface area contributed by atoms with E-state index in [4.69, 9.17) is 0 Å². The van der Waals surface area contributed by atoms with Gasteiger partial charge in [-0.15, -0.1) is 0 Å². The van der Waals surface area contributed by atoms with E-state index in [0.29, 0.717) is 25.9 Å². The molecule has 0 aromatic carbocycles. The predicted molar refractivity (Wildman–Crippen MR) is 45.1 cm³/mol. The maximum absolute atomic E-state index is 13.0. The highest BCUT2D eigenvalue weighted by molar-refractivity contribution is 7.96. The zero-order valence-electron chi connectivity index (χ0n) is 7.78. The third-order valence-corrected chi connectivity index (χ3v) is 2.57. The van der Waals surface area contributed by atoms with Gasteiger partial charge in [-0.3, -0.25) is 9.83 Å². The first-order valence-electron chi connectivity index (χ1n) is 4.39. The van der Waals surface area contributed by atoms with Crippen molar-refractivity contribution in [3.8, 4) is 0 Å². The molecule has 0 aromatic rings. The number of carbonyl (C=O) groups is 1. The summed E-state index contributed by atoms with van der Waals surface area (Å²) < 4.78 is 29.5. The molecule has 1 saturated heterocycles. The number of amides is 1. The molecule has 0 aromatic heterocycles. The first kappa shape index (κ1) is 12.6. The van der Waals surface area contributed by atoms with Crippen LogP contribution in [0.5, 0.6) is 0 Å². The fourth-order valence-corrected chi connectivity index (χ4v) is 1.69. The molecule has 1 aliphatic rings. The molecule has 1 amide bonds. The van der Waals surface area contributed by atoms with Crippen molar-refractivity contribution in [2.45, 2.75) is 24.5 Å². The van der Waals surface area contributed by atoms with Crippen molar-refractivity contribution in [1.29, 1.82) is 0 Å². The maximum atomic E-state index is 13.0. The SMILES string of the molecule is O=C(N1CCCCC1)C(F)(F)SOO[O-]. The Morgan fingerprint density at radius 3 is 2.47 bits per heavy atom. The largest absolute Gasteiger partial charge is 0.691 e. The molecule has 1 rings (SSSR count). The zero-order valence-corrected chi connectivity index (χ0v) is 8.60. The summed E-state index contributed by atoms with van der Waals surface area (Å²) in [5, 5.41) is 8.38. The number of carbonyl (C=O) groups excluding carboxylic acids is 1. The lowest BCUT2D eigenvalue weighted by molar-refractivity contribution is -0.777. The van der Waals surface area contributed by atoms with Gasteiger partial charge in [-0.1, -0.05) is 0 Å². The Kier molecular flexibility index (Phi) is 4.71. The summed E-state index contributed by atoms with van der Waals surface area (Å²) in [6, 6.07) is 0. The van der Waals surface area contributed by atoms with Crippen LogP contribution in [0.25, 0.3) is 0 Å². The molecule has 0 atom stereocenters. The van der Waals surface area contributed by atoms with Gasteiger partial charge in [-0.05, 0) is 19.3 Å². The van der Waals surface area contributed by atoms with Crippen LogP contribution in [0.1, 0.15) is 19.3 Å². The topological polar surface area (TPSA) is 61.8 Å². The fourth-order valence-electron chi connectivity index (χ4n) is 1.37. The van der Waals surface area contributed by atoms with Crippen molar-refractivity contribution < 1.29 is 28.2 Å². The maximum Gasteiger partial charge on any atom is 0.397 e. The molecule has 0 radical (unpaired) electrons. The van der Waals surface area contributed by atoms with Crippen molar-refractivity contribution in [3.63, 3.8) is 0 Å². The van der Waals surface area contributed by atoms with Crippen LogP contribution in [-0.4, -0.2) is 29.2 Å². The van der Waals surface area contributed by atoms with Crippen LogP contribution in [0.3, 0.4) is 0 Å². The van der Waals surface area contributed by atoms with E-state index >= 15 is 0 Å². The van der Waals surface area contributed by atoms with E-state index < -0.39 is 23.2 Å². The van der Waals surface area contributed by atoms with Crippen LogP contribution >= 0.6 is 12.0 Å². The molecule has 1 heterocycles. The van der Waals surface area contributed by atoms with Crippen molar-refractivity contribution in [2.75, 3.05) is 13.1 Å². The number of piperidine rings is 1. The standard InChI is InChI=1S/C7H11F2NO4S/c8-7(9,15-14-13-12)6(11)10-4-2-1-3-5-10/h12H,1-5H2/p-1. The Bertz CT molecular complexity index is 223. The molecule has 8 heteroatoms. The second kappa shape index (κ2) is 5.59. The van der Waals surface area contributed by atoms with Crippen molar-refractivity contribution in [1.82, 2.24) is 4.90 Å². The average Bonchev–Trinajstić information content (AvgIpc) is 2.26. The van der Waals surface area contributed by atoms with Crippen molar-refractivity contribution in [2.24, 2.45) is 0 Å². The molecule has 0 spiro atoms. The van der Waals surface area contributed by atoms with E-state index in [1.54, 1.807) is 0 Å². The van der Waals surface area contributed by atoms with Gasteiger partial charge in [-0.25, -0.2) is 0 Å². The molecule has 15 heavy (non-hydrogen) atoms. The number of nitrogens with zero attached hydrogens (tertiary/aromatic N) is 1. The molecule has 5 nitrogen and oxygen atoms in total. The van der Waals surface area contributed by atoms with Gasteiger partial charge in [0.25, 0.3) is 0 Å². The van der Waals surface area contributed by atoms with Gasteiger partial charge in [0.1, 0.15) is 12.0 Å². The average molecular weight is 242 g/mol. The molecule has 1 aliphatic heterocycles. The van der Waals surface area contributed by atoms with Crippen LogP contribution in [0.4, 0.5) is 8.78 Å². The van der Waals surface area contributed by atoms with E-state index in [9.17, 15) is 18.8 Å².